The average Bonchev–Trinajstić information content (AvgIpc) is 2.78. The Morgan fingerprint density at radius 3 is 2.61 bits per heavy atom. The van der Waals surface area contributed by atoms with E-state index in [9.17, 15) is 14.4 Å². The van der Waals surface area contributed by atoms with Gasteiger partial charge in [-0.25, -0.2) is 4.39 Å². The lowest BCUT2D eigenvalue weighted by Gasteiger charge is -2.24. The van der Waals surface area contributed by atoms with Crippen LogP contribution in [0.2, 0.25) is 5.02 Å². The van der Waals surface area contributed by atoms with E-state index in [0.717, 1.165) is 0 Å². The topological polar surface area (TPSA) is 136 Å². The van der Waals surface area contributed by atoms with E-state index >= 15 is 0 Å². The van der Waals surface area contributed by atoms with Crippen molar-refractivity contribution in [3.63, 3.8) is 0 Å². The van der Waals surface area contributed by atoms with Crippen LogP contribution in [0.25, 0.3) is 16.5 Å². The number of anilines is 3. The lowest BCUT2D eigenvalue weighted by atomic mass is 10.0. The number of nitrogens with two attached hydrogens (primary N) is 2. The average molecular weight is 464 g/mol. The highest BCUT2D eigenvalue weighted by Gasteiger charge is 2.22. The van der Waals surface area contributed by atoms with E-state index in [-0.39, 0.29) is 28.7 Å². The van der Waals surface area contributed by atoms with Crippen LogP contribution in [0.15, 0.2) is 53.3 Å². The first kappa shape index (κ1) is 22.0. The van der Waals surface area contributed by atoms with Gasteiger partial charge in [0.25, 0.3) is 5.56 Å². The quantitative estimate of drug-likeness (QED) is 0.404. The summed E-state index contributed by atoms with van der Waals surface area (Å²) >= 11 is 6.35. The summed E-state index contributed by atoms with van der Waals surface area (Å²) in [5.41, 5.74) is 12.3. The molecule has 0 aliphatic heterocycles. The molecule has 2 aromatic heterocycles. The Labute approximate surface area is 193 Å². The van der Waals surface area contributed by atoms with Crippen LogP contribution < -0.4 is 22.3 Å². The third-order valence-corrected chi connectivity index (χ3v) is 5.57. The standard InChI is InChI=1S/C23H19ClFN7O/c1-2-17(29-21-15(11-26)20(27)30-23(28)31-21)18-10-12-4-3-5-16(24)19(12)22(33)32(18)14-8-6-13(25)7-9-14/h3-10,17H,2H2,1H3,(H5,27,28,29,30,31)/t17-/m0/s1. The Morgan fingerprint density at radius 2 is 1.94 bits per heavy atom. The van der Waals surface area contributed by atoms with Gasteiger partial charge in [0.05, 0.1) is 16.5 Å². The van der Waals surface area contributed by atoms with Crippen LogP contribution in [0, 0.1) is 17.1 Å². The van der Waals surface area contributed by atoms with Gasteiger partial charge in [-0.15, -0.1) is 0 Å². The molecule has 4 rings (SSSR count). The summed E-state index contributed by atoms with van der Waals surface area (Å²) in [6.07, 6.45) is 0.501. The number of rotatable bonds is 5. The van der Waals surface area contributed by atoms with Crippen molar-refractivity contribution in [1.29, 1.82) is 5.26 Å². The number of aromatic nitrogens is 3. The largest absolute Gasteiger partial charge is 0.382 e. The fraction of sp³-hybridized carbons (Fsp3) is 0.130. The molecular formula is C23H19ClFN7O. The smallest absolute Gasteiger partial charge is 0.264 e. The van der Waals surface area contributed by atoms with Crippen LogP contribution in [0.3, 0.4) is 0 Å². The van der Waals surface area contributed by atoms with Crippen molar-refractivity contribution in [3.8, 4) is 11.8 Å². The Kier molecular flexibility index (Phi) is 5.85. The van der Waals surface area contributed by atoms with Crippen molar-refractivity contribution in [2.75, 3.05) is 16.8 Å². The third kappa shape index (κ3) is 4.04. The molecule has 0 bridgehead atoms. The van der Waals surface area contributed by atoms with Gasteiger partial charge in [-0.05, 0) is 48.2 Å². The van der Waals surface area contributed by atoms with E-state index < -0.39 is 11.9 Å². The predicted octanol–water partition coefficient (Wildman–Crippen LogP) is 4.17. The number of hydrogen-bond donors (Lipinski definition) is 3. The summed E-state index contributed by atoms with van der Waals surface area (Å²) in [6.45, 7) is 1.90. The molecule has 0 spiro atoms. The van der Waals surface area contributed by atoms with Crippen LogP contribution in [0.5, 0.6) is 0 Å². The highest BCUT2D eigenvalue weighted by molar-refractivity contribution is 6.35. The maximum atomic E-state index is 13.6. The minimum atomic E-state index is -0.494. The molecule has 0 aliphatic rings. The molecule has 5 N–H and O–H groups in total. The van der Waals surface area contributed by atoms with E-state index in [0.29, 0.717) is 33.6 Å². The van der Waals surface area contributed by atoms with Crippen LogP contribution in [-0.4, -0.2) is 14.5 Å². The Morgan fingerprint density at radius 1 is 1.21 bits per heavy atom. The lowest BCUT2D eigenvalue weighted by molar-refractivity contribution is 0.626. The lowest BCUT2D eigenvalue weighted by Crippen LogP contribution is -2.27. The predicted molar refractivity (Wildman–Crippen MR) is 127 cm³/mol. The van der Waals surface area contributed by atoms with Crippen LogP contribution >= 0.6 is 11.6 Å². The minimum Gasteiger partial charge on any atom is -0.382 e. The van der Waals surface area contributed by atoms with Crippen molar-refractivity contribution < 1.29 is 4.39 Å². The SMILES string of the molecule is CC[C@H](Nc1nc(N)nc(N)c1C#N)c1cc2cccc(Cl)c2c(=O)n1-c1ccc(F)cc1. The monoisotopic (exact) mass is 463 g/mol. The number of pyridine rings is 1. The second-order valence-electron chi connectivity index (χ2n) is 7.30. The zero-order chi connectivity index (χ0) is 23.7. The molecule has 0 amide bonds. The highest BCUT2D eigenvalue weighted by atomic mass is 35.5. The number of nitriles is 1. The van der Waals surface area contributed by atoms with E-state index in [4.69, 9.17) is 23.1 Å². The second-order valence-corrected chi connectivity index (χ2v) is 7.71. The van der Waals surface area contributed by atoms with Gasteiger partial charge >= 0.3 is 0 Å². The molecule has 2 heterocycles. The maximum Gasteiger partial charge on any atom is 0.264 e. The molecule has 0 unspecified atom stereocenters. The molecule has 0 saturated heterocycles. The van der Waals surface area contributed by atoms with Crippen LogP contribution in [-0.2, 0) is 0 Å². The van der Waals surface area contributed by atoms with Crippen molar-refractivity contribution in [3.05, 3.63) is 81.0 Å². The van der Waals surface area contributed by atoms with Crippen molar-refractivity contribution in [2.24, 2.45) is 0 Å². The first-order chi connectivity index (χ1) is 15.8. The number of fused-ring (bicyclic) bond motifs is 1. The zero-order valence-corrected chi connectivity index (χ0v) is 18.3. The van der Waals surface area contributed by atoms with Gasteiger partial charge in [-0.1, -0.05) is 30.7 Å². The Bertz CT molecular complexity index is 1460. The third-order valence-electron chi connectivity index (χ3n) is 5.25. The van der Waals surface area contributed by atoms with Gasteiger partial charge in [0, 0.05) is 11.4 Å². The van der Waals surface area contributed by atoms with Crippen molar-refractivity contribution in [1.82, 2.24) is 14.5 Å². The summed E-state index contributed by atoms with van der Waals surface area (Å²) in [5, 5.41) is 14.0. The van der Waals surface area contributed by atoms with Gasteiger partial charge in [0.2, 0.25) is 5.95 Å². The summed E-state index contributed by atoms with van der Waals surface area (Å²) in [5.74, 6) is -0.421. The van der Waals surface area contributed by atoms with Gasteiger partial charge in [-0.3, -0.25) is 9.36 Å². The van der Waals surface area contributed by atoms with Crippen LogP contribution in [0.1, 0.15) is 30.6 Å². The fourth-order valence-corrected chi connectivity index (χ4v) is 3.98. The normalized spacial score (nSPS) is 11.8. The fourth-order valence-electron chi connectivity index (χ4n) is 3.71. The molecule has 4 aromatic rings. The molecule has 0 saturated carbocycles. The summed E-state index contributed by atoms with van der Waals surface area (Å²) in [4.78, 5) is 21.6. The van der Waals surface area contributed by atoms with E-state index in [2.05, 4.69) is 15.3 Å². The summed E-state index contributed by atoms with van der Waals surface area (Å²) in [7, 11) is 0. The van der Waals surface area contributed by atoms with Crippen molar-refractivity contribution >= 4 is 40.0 Å². The Hall–Kier alpha value is -4.16. The van der Waals surface area contributed by atoms with Gasteiger partial charge in [0.15, 0.2) is 5.82 Å². The van der Waals surface area contributed by atoms with Gasteiger partial charge in [-0.2, -0.15) is 15.2 Å². The molecule has 0 radical (unpaired) electrons. The molecule has 0 fully saturated rings. The maximum absolute atomic E-state index is 13.6. The molecule has 1 atom stereocenters. The van der Waals surface area contributed by atoms with Gasteiger partial charge < -0.3 is 16.8 Å². The minimum absolute atomic E-state index is 0.0437. The number of halogens is 2. The molecule has 8 nitrogen and oxygen atoms in total. The first-order valence-electron chi connectivity index (χ1n) is 10.0. The molecule has 33 heavy (non-hydrogen) atoms. The van der Waals surface area contributed by atoms with E-state index in [1.54, 1.807) is 18.2 Å². The number of hydrogen-bond acceptors (Lipinski definition) is 7. The Balaban J connectivity index is 1.97. The second kappa shape index (κ2) is 8.76. The number of nitrogens with zero attached hydrogens (tertiary/aromatic N) is 4. The number of benzene rings is 2. The first-order valence-corrected chi connectivity index (χ1v) is 10.4. The van der Waals surface area contributed by atoms with Crippen LogP contribution in [0.4, 0.5) is 22.0 Å². The highest BCUT2D eigenvalue weighted by Crippen LogP contribution is 2.30. The molecule has 2 aromatic carbocycles. The van der Waals surface area contributed by atoms with Crippen molar-refractivity contribution in [2.45, 2.75) is 19.4 Å². The molecule has 10 heteroatoms. The van der Waals surface area contributed by atoms with Gasteiger partial charge in [0.1, 0.15) is 23.3 Å². The number of nitrogens with one attached hydrogen (secondary N) is 1. The van der Waals surface area contributed by atoms with E-state index in [1.807, 2.05) is 19.1 Å². The molecule has 166 valence electrons. The van der Waals surface area contributed by atoms with E-state index in [1.165, 1.54) is 28.8 Å². The summed E-state index contributed by atoms with van der Waals surface area (Å²) < 4.78 is 15.1. The molecule has 0 aliphatic carbocycles. The number of nitrogen functional groups attached to an aromatic ring is 2. The molecular weight excluding hydrogens is 445 g/mol. The summed E-state index contributed by atoms with van der Waals surface area (Å²) in [6, 6.07) is 14.1. The zero-order valence-electron chi connectivity index (χ0n) is 17.5.